The first-order valence-electron chi connectivity index (χ1n) is 12.1. The molecule has 0 fully saturated rings. The van der Waals surface area contributed by atoms with Crippen molar-refractivity contribution in [1.29, 1.82) is 0 Å². The zero-order chi connectivity index (χ0) is 25.9. The molecule has 0 aliphatic carbocycles. The number of halogens is 1. The average molecular weight is 506 g/mol. The van der Waals surface area contributed by atoms with Crippen molar-refractivity contribution in [1.82, 2.24) is 0 Å². The lowest BCUT2D eigenvalue weighted by Crippen LogP contribution is -2.14. The normalized spacial score (nSPS) is 11.6. The third kappa shape index (κ3) is 5.75. The first-order valence-corrected chi connectivity index (χ1v) is 12.5. The zero-order valence-electron chi connectivity index (χ0n) is 21.2. The maximum Gasteiger partial charge on any atom is 0.310 e. The number of hydrogen-bond acceptors (Lipinski definition) is 5. The molecule has 0 saturated carbocycles. The molecular weight excluding hydrogens is 474 g/mol. The number of esters is 1. The zero-order valence-corrected chi connectivity index (χ0v) is 21.9. The molecule has 6 heteroatoms. The molecule has 5 nitrogen and oxygen atoms in total. The van der Waals surface area contributed by atoms with Crippen molar-refractivity contribution in [3.8, 4) is 16.9 Å². The van der Waals surface area contributed by atoms with Crippen LogP contribution in [0.1, 0.15) is 49.9 Å². The summed E-state index contributed by atoms with van der Waals surface area (Å²) < 4.78 is 17.3. The van der Waals surface area contributed by atoms with Gasteiger partial charge in [-0.25, -0.2) is 0 Å². The highest BCUT2D eigenvalue weighted by molar-refractivity contribution is 6.31. The molecule has 1 heterocycles. The van der Waals surface area contributed by atoms with E-state index in [1.54, 1.807) is 13.2 Å². The van der Waals surface area contributed by atoms with Crippen molar-refractivity contribution in [2.45, 2.75) is 52.7 Å². The van der Waals surface area contributed by atoms with Crippen molar-refractivity contribution >= 4 is 28.5 Å². The molecule has 0 spiro atoms. The van der Waals surface area contributed by atoms with Crippen LogP contribution >= 0.6 is 11.6 Å². The SMILES string of the molecule is CCOC(=O)Cc1cc(Cl)c(C(C)(C)C)cc1OCc1cc(-c2cccc(CN)c2)c2occc2c1. The Labute approximate surface area is 217 Å². The van der Waals surface area contributed by atoms with Crippen LogP contribution in [0.5, 0.6) is 5.75 Å². The molecule has 4 rings (SSSR count). The fraction of sp³-hybridized carbons (Fsp3) is 0.300. The lowest BCUT2D eigenvalue weighted by molar-refractivity contribution is -0.142. The van der Waals surface area contributed by atoms with E-state index < -0.39 is 0 Å². The average Bonchev–Trinajstić information content (AvgIpc) is 3.31. The molecule has 0 aliphatic heterocycles. The van der Waals surface area contributed by atoms with Crippen LogP contribution in [0.2, 0.25) is 5.02 Å². The monoisotopic (exact) mass is 505 g/mol. The van der Waals surface area contributed by atoms with Crippen LogP contribution in [0, 0.1) is 0 Å². The fourth-order valence-corrected chi connectivity index (χ4v) is 4.75. The second-order valence-electron chi connectivity index (χ2n) is 9.85. The number of rotatable bonds is 8. The fourth-order valence-electron chi connectivity index (χ4n) is 4.28. The standard InChI is InChI=1S/C30H32ClNO4/c1-5-34-28(33)15-23-14-26(31)25(30(2,3)4)16-27(23)36-18-20-12-22-9-10-35-29(22)24(13-20)21-8-6-7-19(11-21)17-32/h6-14,16H,5,15,17-18,32H2,1-4H3. The van der Waals surface area contributed by atoms with Crippen LogP contribution in [-0.4, -0.2) is 12.6 Å². The van der Waals surface area contributed by atoms with E-state index >= 15 is 0 Å². The Balaban J connectivity index is 1.70. The number of hydrogen-bond donors (Lipinski definition) is 1. The summed E-state index contributed by atoms with van der Waals surface area (Å²) in [6.45, 7) is 9.17. The van der Waals surface area contributed by atoms with Gasteiger partial charge in [-0.3, -0.25) is 4.79 Å². The molecule has 1 aromatic heterocycles. The van der Waals surface area contributed by atoms with Crippen molar-refractivity contribution in [2.24, 2.45) is 5.73 Å². The predicted molar refractivity (Wildman–Crippen MR) is 144 cm³/mol. The van der Waals surface area contributed by atoms with Gasteiger partial charge in [0, 0.05) is 28.1 Å². The van der Waals surface area contributed by atoms with Crippen LogP contribution in [-0.2, 0) is 34.5 Å². The van der Waals surface area contributed by atoms with Crippen molar-refractivity contribution in [2.75, 3.05) is 6.61 Å². The third-order valence-electron chi connectivity index (χ3n) is 6.08. The minimum atomic E-state index is -0.316. The maximum absolute atomic E-state index is 12.3. The van der Waals surface area contributed by atoms with E-state index in [4.69, 9.17) is 31.2 Å². The van der Waals surface area contributed by atoms with Crippen LogP contribution in [0.25, 0.3) is 22.1 Å². The number of fused-ring (bicyclic) bond motifs is 1. The summed E-state index contributed by atoms with van der Waals surface area (Å²) in [6, 6.07) is 18.0. The second kappa shape index (κ2) is 10.8. The Bertz CT molecular complexity index is 1380. The van der Waals surface area contributed by atoms with Gasteiger partial charge in [0.1, 0.15) is 17.9 Å². The topological polar surface area (TPSA) is 74.7 Å². The van der Waals surface area contributed by atoms with Gasteiger partial charge < -0.3 is 19.6 Å². The molecule has 0 unspecified atom stereocenters. The predicted octanol–water partition coefficient (Wildman–Crippen LogP) is 7.19. The van der Waals surface area contributed by atoms with Gasteiger partial charge >= 0.3 is 5.97 Å². The highest BCUT2D eigenvalue weighted by Gasteiger charge is 2.22. The molecule has 0 saturated heterocycles. The van der Waals surface area contributed by atoms with E-state index in [0.29, 0.717) is 36.1 Å². The largest absolute Gasteiger partial charge is 0.489 e. The van der Waals surface area contributed by atoms with Crippen LogP contribution in [0.15, 0.2) is 65.3 Å². The molecule has 4 aromatic rings. The Morgan fingerprint density at radius 3 is 2.58 bits per heavy atom. The molecule has 36 heavy (non-hydrogen) atoms. The van der Waals surface area contributed by atoms with Crippen molar-refractivity contribution in [3.63, 3.8) is 0 Å². The maximum atomic E-state index is 12.3. The van der Waals surface area contributed by atoms with Gasteiger partial charge in [0.15, 0.2) is 0 Å². The molecule has 3 aromatic carbocycles. The first kappa shape index (κ1) is 25.8. The summed E-state index contributed by atoms with van der Waals surface area (Å²) in [7, 11) is 0. The summed E-state index contributed by atoms with van der Waals surface area (Å²) in [5.74, 6) is 0.306. The molecular formula is C30H32ClNO4. The van der Waals surface area contributed by atoms with E-state index in [0.717, 1.165) is 38.8 Å². The number of carbonyl (C=O) groups excluding carboxylic acids is 1. The first-order chi connectivity index (χ1) is 17.2. The molecule has 0 amide bonds. The van der Waals surface area contributed by atoms with Gasteiger partial charge in [-0.15, -0.1) is 0 Å². The van der Waals surface area contributed by atoms with Gasteiger partial charge in [-0.2, -0.15) is 0 Å². The number of ether oxygens (including phenoxy) is 2. The second-order valence-corrected chi connectivity index (χ2v) is 10.3. The smallest absolute Gasteiger partial charge is 0.310 e. The number of nitrogens with two attached hydrogens (primary N) is 1. The number of carbonyl (C=O) groups is 1. The molecule has 188 valence electrons. The molecule has 0 radical (unpaired) electrons. The van der Waals surface area contributed by atoms with E-state index in [1.807, 2.05) is 36.4 Å². The van der Waals surface area contributed by atoms with Crippen molar-refractivity contribution in [3.05, 3.63) is 88.1 Å². The Hall–Kier alpha value is -3.28. The van der Waals surface area contributed by atoms with E-state index in [2.05, 4.69) is 39.0 Å². The van der Waals surface area contributed by atoms with E-state index in [-0.39, 0.29) is 17.8 Å². The van der Waals surface area contributed by atoms with E-state index in [9.17, 15) is 4.79 Å². The third-order valence-corrected chi connectivity index (χ3v) is 6.39. The summed E-state index contributed by atoms with van der Waals surface area (Å²) in [4.78, 5) is 12.3. The minimum absolute atomic E-state index is 0.0885. The van der Waals surface area contributed by atoms with Crippen LogP contribution < -0.4 is 10.5 Å². The van der Waals surface area contributed by atoms with Gasteiger partial charge in [0.2, 0.25) is 0 Å². The summed E-state index contributed by atoms with van der Waals surface area (Å²) in [5, 5.41) is 1.60. The van der Waals surface area contributed by atoms with Gasteiger partial charge in [-0.1, -0.05) is 50.6 Å². The summed E-state index contributed by atoms with van der Waals surface area (Å²) >= 11 is 6.60. The molecule has 0 atom stereocenters. The summed E-state index contributed by atoms with van der Waals surface area (Å²) in [6.07, 6.45) is 1.78. The Morgan fingerprint density at radius 1 is 1.06 bits per heavy atom. The van der Waals surface area contributed by atoms with Crippen molar-refractivity contribution < 1.29 is 18.7 Å². The lowest BCUT2D eigenvalue weighted by Gasteiger charge is -2.23. The Kier molecular flexibility index (Phi) is 7.72. The molecule has 0 aliphatic rings. The van der Waals surface area contributed by atoms with Crippen LogP contribution in [0.4, 0.5) is 0 Å². The Morgan fingerprint density at radius 2 is 1.86 bits per heavy atom. The highest BCUT2D eigenvalue weighted by atomic mass is 35.5. The molecule has 2 N–H and O–H groups in total. The molecule has 0 bridgehead atoms. The lowest BCUT2D eigenvalue weighted by atomic mass is 9.86. The van der Waals surface area contributed by atoms with Crippen LogP contribution in [0.3, 0.4) is 0 Å². The number of furan rings is 1. The van der Waals surface area contributed by atoms with Gasteiger partial charge in [0.05, 0.1) is 19.3 Å². The van der Waals surface area contributed by atoms with E-state index in [1.165, 1.54) is 0 Å². The summed E-state index contributed by atoms with van der Waals surface area (Å²) in [5.41, 5.74) is 12.2. The van der Waals surface area contributed by atoms with Gasteiger partial charge in [-0.05, 0) is 71.0 Å². The quantitative estimate of drug-likeness (QED) is 0.256. The number of benzene rings is 3. The van der Waals surface area contributed by atoms with Gasteiger partial charge in [0.25, 0.3) is 0 Å². The highest BCUT2D eigenvalue weighted by Crippen LogP contribution is 2.37. The minimum Gasteiger partial charge on any atom is -0.489 e.